The van der Waals surface area contributed by atoms with Gasteiger partial charge in [0.2, 0.25) is 5.43 Å². The summed E-state index contributed by atoms with van der Waals surface area (Å²) in [7, 11) is 0. The molecule has 5 nitrogen and oxygen atoms in total. The van der Waals surface area contributed by atoms with Crippen LogP contribution in [0.1, 0.15) is 10.4 Å². The van der Waals surface area contributed by atoms with Crippen LogP contribution >= 0.6 is 63.7 Å². The molecule has 0 bridgehead atoms. The summed E-state index contributed by atoms with van der Waals surface area (Å²) in [6.45, 7) is 0. The Morgan fingerprint density at radius 2 is 1.55 bits per heavy atom. The van der Waals surface area contributed by atoms with Crippen LogP contribution in [0.15, 0.2) is 63.5 Å². The van der Waals surface area contributed by atoms with Crippen molar-refractivity contribution in [3.05, 3.63) is 70.1 Å². The first kappa shape index (κ1) is 27.6. The Balaban J connectivity index is 0.00000171. The number of hydrogen-bond donors (Lipinski definition) is 2. The van der Waals surface area contributed by atoms with Crippen molar-refractivity contribution in [1.29, 1.82) is 0 Å². The van der Waals surface area contributed by atoms with E-state index in [0.29, 0.717) is 31.0 Å². The molecule has 0 atom stereocenters. The average molecular weight is 696 g/mol. The van der Waals surface area contributed by atoms with Gasteiger partial charge in [-0.15, -0.1) is 0 Å². The molecule has 0 saturated heterocycles. The standard InChI is InChI=1S/C20H8Br4O5.2Na.2H/c21-11-5-9-13(7-3-1-2-4-8(7)20(27)28)10-6-12(22)17(26)15(24)19(10)29-18(9)14(23)16(11)25;;;;/h1-6,25H,(H,27,28);;;;. The van der Waals surface area contributed by atoms with Gasteiger partial charge >= 0.3 is 65.1 Å². The summed E-state index contributed by atoms with van der Waals surface area (Å²) in [4.78, 5) is 24.3. The number of hydrogen-bond acceptors (Lipinski definition) is 4. The van der Waals surface area contributed by atoms with Crippen molar-refractivity contribution in [2.75, 3.05) is 0 Å². The number of carbonyl (C=O) groups is 1. The van der Waals surface area contributed by atoms with Gasteiger partial charge in [0.25, 0.3) is 0 Å². The molecule has 11 heteroatoms. The summed E-state index contributed by atoms with van der Waals surface area (Å²) in [5.41, 5.74) is 1.61. The molecule has 1 aliphatic carbocycles. The minimum absolute atomic E-state index is 0. The Morgan fingerprint density at radius 3 is 2.19 bits per heavy atom. The van der Waals surface area contributed by atoms with E-state index >= 15 is 0 Å². The van der Waals surface area contributed by atoms with E-state index in [1.54, 1.807) is 30.3 Å². The first-order valence-electron chi connectivity index (χ1n) is 8.00. The Labute approximate surface area is 254 Å². The van der Waals surface area contributed by atoms with Crippen LogP contribution in [0.3, 0.4) is 0 Å². The van der Waals surface area contributed by atoms with Gasteiger partial charge in [0, 0.05) is 16.5 Å². The van der Waals surface area contributed by atoms with Gasteiger partial charge < -0.3 is 14.6 Å². The third-order valence-electron chi connectivity index (χ3n) is 4.45. The van der Waals surface area contributed by atoms with Crippen molar-refractivity contribution in [2.24, 2.45) is 0 Å². The number of carboxylic acids is 1. The predicted octanol–water partition coefficient (Wildman–Crippen LogP) is 5.72. The van der Waals surface area contributed by atoms with Gasteiger partial charge in [-0.3, -0.25) is 4.79 Å². The Morgan fingerprint density at radius 1 is 0.903 bits per heavy atom. The van der Waals surface area contributed by atoms with Gasteiger partial charge in [0.05, 0.1) is 14.5 Å². The van der Waals surface area contributed by atoms with Gasteiger partial charge in [0.15, 0.2) is 11.3 Å². The van der Waals surface area contributed by atoms with Crippen LogP contribution in [0.5, 0.6) is 5.75 Å². The number of phenols is 1. The van der Waals surface area contributed by atoms with Gasteiger partial charge in [0.1, 0.15) is 14.7 Å². The Bertz CT molecular complexity index is 1370. The van der Waals surface area contributed by atoms with E-state index in [2.05, 4.69) is 63.7 Å². The van der Waals surface area contributed by atoms with E-state index in [0.717, 1.165) is 0 Å². The van der Waals surface area contributed by atoms with Crippen LogP contribution in [0, 0.1) is 0 Å². The minimum atomic E-state index is -1.09. The molecular formula is C20H10Br4Na2O5. The van der Waals surface area contributed by atoms with Crippen molar-refractivity contribution >= 4 is 140 Å². The van der Waals surface area contributed by atoms with Gasteiger partial charge in [-0.25, -0.2) is 4.79 Å². The molecule has 1 heterocycles. The van der Waals surface area contributed by atoms with Crippen LogP contribution in [-0.2, 0) is 0 Å². The van der Waals surface area contributed by atoms with Gasteiger partial charge in [-0.2, -0.15) is 0 Å². The molecular weight excluding hydrogens is 686 g/mol. The second-order valence-electron chi connectivity index (χ2n) is 6.10. The molecule has 0 unspecified atom stereocenters. The zero-order valence-corrected chi connectivity index (χ0v) is 20.4. The maximum absolute atomic E-state index is 12.4. The molecule has 0 saturated carbocycles. The Kier molecular flexibility index (Phi) is 9.53. The van der Waals surface area contributed by atoms with Crippen LogP contribution in [-0.4, -0.2) is 75.3 Å². The molecule has 31 heavy (non-hydrogen) atoms. The summed E-state index contributed by atoms with van der Waals surface area (Å²) in [6, 6.07) is 9.84. The van der Waals surface area contributed by atoms with E-state index in [9.17, 15) is 19.8 Å². The fraction of sp³-hybridized carbons (Fsp3) is 0. The zero-order valence-electron chi connectivity index (χ0n) is 14.1. The Hall–Kier alpha value is 0.320. The van der Waals surface area contributed by atoms with Crippen LogP contribution in [0.2, 0.25) is 0 Å². The number of rotatable bonds is 2. The molecule has 1 aliphatic heterocycles. The third kappa shape index (κ3) is 4.78. The van der Waals surface area contributed by atoms with Crippen molar-refractivity contribution in [3.63, 3.8) is 0 Å². The topological polar surface area (TPSA) is 87.7 Å². The van der Waals surface area contributed by atoms with E-state index in [4.69, 9.17) is 4.42 Å². The molecule has 0 spiro atoms. The summed E-state index contributed by atoms with van der Waals surface area (Å²) >= 11 is 13.2. The van der Waals surface area contributed by atoms with Crippen molar-refractivity contribution < 1.29 is 19.4 Å². The van der Waals surface area contributed by atoms with Crippen LogP contribution < -0.4 is 5.43 Å². The van der Waals surface area contributed by atoms with Gasteiger partial charge in [-0.1, -0.05) is 18.2 Å². The van der Waals surface area contributed by atoms with Gasteiger partial charge in [-0.05, 0) is 87.5 Å². The van der Waals surface area contributed by atoms with Crippen LogP contribution in [0.4, 0.5) is 0 Å². The SMILES string of the molecule is O=C(O)c1ccccc1-c1c2cc(Br)c(=O)c(Br)c-2oc2c(Br)c(O)c(Br)cc12.[NaH].[NaH]. The number of benzene rings is 3. The summed E-state index contributed by atoms with van der Waals surface area (Å²) < 4.78 is 7.17. The maximum atomic E-state index is 12.4. The monoisotopic (exact) mass is 692 g/mol. The molecule has 0 radical (unpaired) electrons. The molecule has 2 aromatic rings. The average Bonchev–Trinajstić information content (AvgIpc) is 2.69. The first-order chi connectivity index (χ1) is 13.7. The summed E-state index contributed by atoms with van der Waals surface area (Å²) in [5.74, 6) is -0.921. The fourth-order valence-electron chi connectivity index (χ4n) is 3.17. The molecule has 4 rings (SSSR count). The predicted molar refractivity (Wildman–Crippen MR) is 138 cm³/mol. The number of halogens is 4. The summed E-state index contributed by atoms with van der Waals surface area (Å²) in [6.07, 6.45) is 0. The second-order valence-corrected chi connectivity index (χ2v) is 9.40. The number of phenolic OH excluding ortho intramolecular Hbond substituents is 1. The molecule has 0 amide bonds. The molecule has 2 N–H and O–H groups in total. The van der Waals surface area contributed by atoms with E-state index in [1.807, 2.05) is 0 Å². The number of fused-ring (bicyclic) bond motifs is 2. The normalized spacial score (nSPS) is 10.6. The molecule has 150 valence electrons. The van der Waals surface area contributed by atoms with Crippen molar-refractivity contribution in [1.82, 2.24) is 0 Å². The number of aromatic carboxylic acids is 1. The van der Waals surface area contributed by atoms with Crippen LogP contribution in [0.25, 0.3) is 33.4 Å². The number of aromatic hydroxyl groups is 1. The zero-order chi connectivity index (χ0) is 21.0. The molecule has 2 aliphatic rings. The quantitative estimate of drug-likeness (QED) is 0.207. The number of carboxylic acid groups (broad SMARTS) is 1. The third-order valence-corrected chi connectivity index (χ3v) is 7.10. The molecule has 0 fully saturated rings. The van der Waals surface area contributed by atoms with Crippen molar-refractivity contribution in [2.45, 2.75) is 0 Å². The van der Waals surface area contributed by atoms with E-state index < -0.39 is 5.97 Å². The summed E-state index contributed by atoms with van der Waals surface area (Å²) in [5, 5.41) is 20.6. The van der Waals surface area contributed by atoms with E-state index in [1.165, 1.54) is 6.07 Å². The van der Waals surface area contributed by atoms with E-state index in [-0.39, 0.29) is 96.1 Å². The molecule has 0 aromatic heterocycles. The second kappa shape index (κ2) is 10.7. The van der Waals surface area contributed by atoms with Crippen molar-refractivity contribution in [3.8, 4) is 28.2 Å². The fourth-order valence-corrected chi connectivity index (χ4v) is 5.57. The molecule has 2 aromatic carbocycles. The first-order valence-corrected chi connectivity index (χ1v) is 11.2.